The third-order valence-corrected chi connectivity index (χ3v) is 5.14. The van der Waals surface area contributed by atoms with Gasteiger partial charge in [-0.2, -0.15) is 11.8 Å². The normalized spacial score (nSPS) is 17.8. The van der Waals surface area contributed by atoms with E-state index in [4.69, 9.17) is 0 Å². The first-order valence-corrected chi connectivity index (χ1v) is 9.07. The fourth-order valence-corrected chi connectivity index (χ4v) is 3.92. The minimum absolute atomic E-state index is 0.0125. The van der Waals surface area contributed by atoms with Crippen molar-refractivity contribution in [3.63, 3.8) is 0 Å². The fraction of sp³-hybridized carbons (Fsp3) is 0.316. The Morgan fingerprint density at radius 3 is 2.65 bits per heavy atom. The molecule has 3 nitrogen and oxygen atoms in total. The molecule has 23 heavy (non-hydrogen) atoms. The molecule has 0 saturated carbocycles. The van der Waals surface area contributed by atoms with Crippen LogP contribution in [0.1, 0.15) is 22.7 Å². The zero-order chi connectivity index (χ0) is 16.2. The molecule has 1 unspecified atom stereocenters. The van der Waals surface area contributed by atoms with Crippen molar-refractivity contribution < 1.29 is 4.79 Å². The molecule has 1 heterocycles. The molecule has 1 aliphatic rings. The van der Waals surface area contributed by atoms with Crippen LogP contribution >= 0.6 is 11.8 Å². The Morgan fingerprint density at radius 2 is 1.91 bits per heavy atom. The zero-order valence-corrected chi connectivity index (χ0v) is 14.4. The van der Waals surface area contributed by atoms with E-state index in [2.05, 4.69) is 36.5 Å². The smallest absolute Gasteiger partial charge is 0.316 e. The van der Waals surface area contributed by atoms with Crippen LogP contribution in [0.5, 0.6) is 0 Å². The van der Waals surface area contributed by atoms with Crippen LogP contribution in [0.3, 0.4) is 0 Å². The number of nitrogens with zero attached hydrogens (tertiary/aromatic N) is 1. The Hall–Kier alpha value is -1.94. The van der Waals surface area contributed by atoms with Crippen molar-refractivity contribution in [3.05, 3.63) is 65.2 Å². The summed E-state index contributed by atoms with van der Waals surface area (Å²) in [6, 6.07) is 16.6. The van der Waals surface area contributed by atoms with E-state index < -0.39 is 0 Å². The highest BCUT2D eigenvalue weighted by Crippen LogP contribution is 2.30. The van der Waals surface area contributed by atoms with Gasteiger partial charge in [-0.25, -0.2) is 4.79 Å². The molecule has 2 aromatic rings. The second-order valence-electron chi connectivity index (χ2n) is 5.99. The summed E-state index contributed by atoms with van der Waals surface area (Å²) in [6.45, 7) is 4.89. The van der Waals surface area contributed by atoms with Gasteiger partial charge in [-0.3, -0.25) is 0 Å². The number of amides is 2. The van der Waals surface area contributed by atoms with Gasteiger partial charge in [-0.1, -0.05) is 42.0 Å². The average molecular weight is 326 g/mol. The fourth-order valence-electron chi connectivity index (χ4n) is 2.83. The molecule has 0 bridgehead atoms. The maximum Gasteiger partial charge on any atom is 0.322 e. The number of rotatable bonds is 2. The van der Waals surface area contributed by atoms with E-state index in [0.29, 0.717) is 0 Å². The number of hydrogen-bond donors (Lipinski definition) is 1. The standard InChI is InChI=1S/C19H22N2OS/c1-14-6-8-16(9-7-14)18-13-23-11-10-21(18)19(22)20-17-5-3-4-15(2)12-17/h3-9,12,18H,10-11,13H2,1-2H3,(H,20,22). The monoisotopic (exact) mass is 326 g/mol. The van der Waals surface area contributed by atoms with E-state index in [9.17, 15) is 4.79 Å². The quantitative estimate of drug-likeness (QED) is 0.873. The van der Waals surface area contributed by atoms with Crippen LogP contribution in [0.2, 0.25) is 0 Å². The van der Waals surface area contributed by atoms with Gasteiger partial charge < -0.3 is 10.2 Å². The number of nitrogens with one attached hydrogen (secondary N) is 1. The van der Waals surface area contributed by atoms with Crippen molar-refractivity contribution in [2.24, 2.45) is 0 Å². The third kappa shape index (κ3) is 3.88. The van der Waals surface area contributed by atoms with Crippen molar-refractivity contribution in [1.29, 1.82) is 0 Å². The van der Waals surface area contributed by atoms with E-state index in [1.54, 1.807) is 0 Å². The molecule has 120 valence electrons. The summed E-state index contributed by atoms with van der Waals surface area (Å²) in [6.07, 6.45) is 0. The lowest BCUT2D eigenvalue weighted by molar-refractivity contribution is 0.196. The highest BCUT2D eigenvalue weighted by atomic mass is 32.2. The lowest BCUT2D eigenvalue weighted by Gasteiger charge is -2.35. The Balaban J connectivity index is 1.77. The summed E-state index contributed by atoms with van der Waals surface area (Å²) in [5.74, 6) is 1.94. The maximum atomic E-state index is 12.7. The van der Waals surface area contributed by atoms with Crippen LogP contribution in [-0.2, 0) is 0 Å². The molecule has 4 heteroatoms. The van der Waals surface area contributed by atoms with E-state index in [0.717, 1.165) is 29.3 Å². The molecule has 1 aliphatic heterocycles. The molecule has 0 spiro atoms. The topological polar surface area (TPSA) is 32.3 Å². The second kappa shape index (κ2) is 7.09. The Bertz CT molecular complexity index is 684. The molecule has 1 atom stereocenters. The summed E-state index contributed by atoms with van der Waals surface area (Å²) < 4.78 is 0. The number of anilines is 1. The van der Waals surface area contributed by atoms with Gasteiger partial charge in [-0.15, -0.1) is 0 Å². The molecule has 0 aliphatic carbocycles. The van der Waals surface area contributed by atoms with Crippen LogP contribution in [0.15, 0.2) is 48.5 Å². The van der Waals surface area contributed by atoms with Gasteiger partial charge in [0.2, 0.25) is 0 Å². The molecule has 1 fully saturated rings. The van der Waals surface area contributed by atoms with Crippen LogP contribution in [-0.4, -0.2) is 29.0 Å². The second-order valence-corrected chi connectivity index (χ2v) is 7.14. The summed E-state index contributed by atoms with van der Waals surface area (Å²) in [4.78, 5) is 14.7. The highest BCUT2D eigenvalue weighted by Gasteiger charge is 2.28. The third-order valence-electron chi connectivity index (χ3n) is 4.12. The maximum absolute atomic E-state index is 12.7. The lowest BCUT2D eigenvalue weighted by Crippen LogP contribution is -2.43. The number of benzene rings is 2. The van der Waals surface area contributed by atoms with Crippen molar-refractivity contribution in [2.45, 2.75) is 19.9 Å². The molecule has 0 aromatic heterocycles. The van der Waals surface area contributed by atoms with Gasteiger partial charge in [0, 0.05) is 23.7 Å². The molecular formula is C19H22N2OS. The first kappa shape index (κ1) is 15.9. The summed E-state index contributed by atoms with van der Waals surface area (Å²) >= 11 is 1.91. The van der Waals surface area contributed by atoms with Crippen LogP contribution in [0, 0.1) is 13.8 Å². The number of carbonyl (C=O) groups excluding carboxylic acids is 1. The SMILES string of the molecule is Cc1ccc(C2CSCCN2C(=O)Nc2cccc(C)c2)cc1. The lowest BCUT2D eigenvalue weighted by atomic mass is 10.1. The van der Waals surface area contributed by atoms with Gasteiger partial charge >= 0.3 is 6.03 Å². The minimum Gasteiger partial charge on any atom is -0.316 e. The van der Waals surface area contributed by atoms with Crippen molar-refractivity contribution in [3.8, 4) is 0 Å². The largest absolute Gasteiger partial charge is 0.322 e. The molecule has 1 saturated heterocycles. The summed E-state index contributed by atoms with van der Waals surface area (Å²) in [5.41, 5.74) is 4.46. The molecular weight excluding hydrogens is 304 g/mol. The summed E-state index contributed by atoms with van der Waals surface area (Å²) in [5, 5.41) is 3.04. The van der Waals surface area contributed by atoms with Crippen molar-refractivity contribution in [2.75, 3.05) is 23.4 Å². The highest BCUT2D eigenvalue weighted by molar-refractivity contribution is 7.99. The number of aryl methyl sites for hydroxylation is 2. The van der Waals surface area contributed by atoms with Crippen LogP contribution in [0.25, 0.3) is 0 Å². The van der Waals surface area contributed by atoms with E-state index >= 15 is 0 Å². The number of carbonyl (C=O) groups is 1. The van der Waals surface area contributed by atoms with Gasteiger partial charge in [-0.05, 0) is 37.1 Å². The first-order valence-electron chi connectivity index (χ1n) is 7.92. The number of thioether (sulfide) groups is 1. The Labute approximate surface area is 142 Å². The summed E-state index contributed by atoms with van der Waals surface area (Å²) in [7, 11) is 0. The van der Waals surface area contributed by atoms with Gasteiger partial charge in [0.05, 0.1) is 6.04 Å². The van der Waals surface area contributed by atoms with Gasteiger partial charge in [0.25, 0.3) is 0 Å². The molecule has 2 aromatic carbocycles. The number of hydrogen-bond acceptors (Lipinski definition) is 2. The first-order chi connectivity index (χ1) is 11.1. The van der Waals surface area contributed by atoms with Gasteiger partial charge in [0.1, 0.15) is 0 Å². The van der Waals surface area contributed by atoms with E-state index in [1.165, 1.54) is 11.1 Å². The predicted octanol–water partition coefficient (Wildman–Crippen LogP) is 4.63. The molecule has 2 amide bonds. The molecule has 3 rings (SSSR count). The average Bonchev–Trinajstić information content (AvgIpc) is 2.55. The Kier molecular flexibility index (Phi) is 4.91. The molecule has 1 N–H and O–H groups in total. The van der Waals surface area contributed by atoms with E-state index in [-0.39, 0.29) is 12.1 Å². The Morgan fingerprint density at radius 1 is 1.13 bits per heavy atom. The van der Waals surface area contributed by atoms with Crippen LogP contribution in [0.4, 0.5) is 10.5 Å². The van der Waals surface area contributed by atoms with Crippen LogP contribution < -0.4 is 5.32 Å². The zero-order valence-electron chi connectivity index (χ0n) is 13.6. The van der Waals surface area contributed by atoms with Gasteiger partial charge in [0.15, 0.2) is 0 Å². The van der Waals surface area contributed by atoms with Crippen molar-refractivity contribution in [1.82, 2.24) is 4.90 Å². The number of urea groups is 1. The predicted molar refractivity (Wildman–Crippen MR) is 98.1 cm³/mol. The molecule has 0 radical (unpaired) electrons. The minimum atomic E-state index is -0.0125. The van der Waals surface area contributed by atoms with E-state index in [1.807, 2.05) is 47.9 Å². The van der Waals surface area contributed by atoms with Crippen molar-refractivity contribution >= 4 is 23.5 Å².